The molecule has 0 aliphatic heterocycles. The Morgan fingerprint density at radius 2 is 0.750 bits per heavy atom. The van der Waals surface area contributed by atoms with Crippen LogP contribution in [0.2, 0.25) is 0 Å². The largest absolute Gasteiger partial charge is 0.358 e. The van der Waals surface area contributed by atoms with Gasteiger partial charge in [0.15, 0.2) is 0 Å². The van der Waals surface area contributed by atoms with Crippen molar-refractivity contribution in [3.63, 3.8) is 0 Å². The molecule has 0 saturated carbocycles. The first-order valence-corrected chi connectivity index (χ1v) is 1.50. The first kappa shape index (κ1) is 34.3. The standard InChI is InChI=1S/C4H9.2CH3.2W/c1-4(2)3;;;;/h1-3H3;2*1H3;;/q3*-1;;. The molecule has 0 amide bonds. The summed E-state index contributed by atoms with van der Waals surface area (Å²) in [4.78, 5) is 0. The Kier molecular flexibility index (Phi) is 102. The summed E-state index contributed by atoms with van der Waals surface area (Å²) < 4.78 is 0. The van der Waals surface area contributed by atoms with Crippen molar-refractivity contribution < 1.29 is 42.1 Å². The predicted octanol–water partition coefficient (Wildman–Crippen LogP) is 2.52. The van der Waals surface area contributed by atoms with Gasteiger partial charge in [-0.3, -0.25) is 0 Å². The summed E-state index contributed by atoms with van der Waals surface area (Å²) in [6, 6.07) is 0. The summed E-state index contributed by atoms with van der Waals surface area (Å²) in [5.41, 5.74) is 0. The maximum atomic E-state index is 2.08. The average Bonchev–Trinajstić information content (AvgIpc) is 0.811. The number of hydrogen-bond donors (Lipinski definition) is 0. The quantitative estimate of drug-likeness (QED) is 0.494. The van der Waals surface area contributed by atoms with E-state index in [1.54, 1.807) is 0 Å². The van der Waals surface area contributed by atoms with Crippen molar-refractivity contribution >= 4 is 0 Å². The van der Waals surface area contributed by atoms with E-state index in [-0.39, 0.29) is 57.0 Å². The zero-order chi connectivity index (χ0) is 3.58. The second-order valence-electron chi connectivity index (χ2n) is 1.50. The minimum Gasteiger partial charge on any atom is -0.358 e. The number of hydrogen-bond acceptors (Lipinski definition) is 0. The van der Waals surface area contributed by atoms with Gasteiger partial charge in [0.25, 0.3) is 0 Å². The van der Waals surface area contributed by atoms with Gasteiger partial charge in [0.05, 0.1) is 0 Å². The van der Waals surface area contributed by atoms with Crippen molar-refractivity contribution in [1.29, 1.82) is 0 Å². The van der Waals surface area contributed by atoms with Crippen molar-refractivity contribution in [3.8, 4) is 0 Å². The maximum Gasteiger partial charge on any atom is 0 e. The smallest absolute Gasteiger partial charge is 0 e. The molecule has 0 rings (SSSR count). The molecule has 0 unspecified atom stereocenters. The minimum atomic E-state index is 0. The molecule has 8 heavy (non-hydrogen) atoms. The van der Waals surface area contributed by atoms with Crippen LogP contribution in [0.5, 0.6) is 0 Å². The van der Waals surface area contributed by atoms with Crippen LogP contribution in [0.4, 0.5) is 0 Å². The normalized spacial score (nSPS) is 4.50. The van der Waals surface area contributed by atoms with E-state index >= 15 is 0 Å². The van der Waals surface area contributed by atoms with Gasteiger partial charge in [0.1, 0.15) is 0 Å². The first-order valence-electron chi connectivity index (χ1n) is 1.50. The van der Waals surface area contributed by atoms with Gasteiger partial charge < -0.3 is 20.8 Å². The molecule has 0 N–H and O–H groups in total. The molecule has 2 heteroatoms. The summed E-state index contributed by atoms with van der Waals surface area (Å²) in [6.45, 7) is 6.25. The van der Waals surface area contributed by atoms with Crippen LogP contribution in [0.15, 0.2) is 0 Å². The van der Waals surface area contributed by atoms with Gasteiger partial charge in [-0.05, 0) is 0 Å². The van der Waals surface area contributed by atoms with Crippen molar-refractivity contribution in [2.24, 2.45) is 0 Å². The van der Waals surface area contributed by atoms with Crippen LogP contribution >= 0.6 is 0 Å². The maximum absolute atomic E-state index is 2.08. The summed E-state index contributed by atoms with van der Waals surface area (Å²) >= 11 is 0. The van der Waals surface area contributed by atoms with E-state index in [4.69, 9.17) is 0 Å². The van der Waals surface area contributed by atoms with Gasteiger partial charge in [-0.15, -0.1) is 0 Å². The van der Waals surface area contributed by atoms with E-state index in [0.717, 1.165) is 0 Å². The molecule has 0 aromatic heterocycles. The molecule has 0 spiro atoms. The van der Waals surface area contributed by atoms with Gasteiger partial charge in [-0.25, -0.2) is 0 Å². The van der Waals surface area contributed by atoms with Crippen LogP contribution in [-0.2, 0) is 42.1 Å². The fraction of sp³-hybridized carbons (Fsp3) is 0.500. The van der Waals surface area contributed by atoms with Crippen LogP contribution in [0.1, 0.15) is 20.8 Å². The summed E-state index contributed by atoms with van der Waals surface area (Å²) in [7, 11) is 0. The molecule has 0 fully saturated rings. The van der Waals surface area contributed by atoms with Gasteiger partial charge in [-0.1, -0.05) is 0 Å². The van der Waals surface area contributed by atoms with Gasteiger partial charge in [0, 0.05) is 42.1 Å². The molecule has 0 aliphatic carbocycles. The molecule has 0 aliphatic rings. The van der Waals surface area contributed by atoms with Gasteiger partial charge >= 0.3 is 0 Å². The van der Waals surface area contributed by atoms with Crippen LogP contribution in [0, 0.1) is 20.8 Å². The molecule has 0 aromatic rings. The molecule has 0 radical (unpaired) electrons. The zero-order valence-corrected chi connectivity index (χ0v) is 12.2. The fourth-order valence-electron chi connectivity index (χ4n) is 0. The van der Waals surface area contributed by atoms with E-state index in [1.807, 2.05) is 0 Å². The second kappa shape index (κ2) is 23.8. The van der Waals surface area contributed by atoms with E-state index in [2.05, 4.69) is 20.8 Å². The molecule has 0 aromatic carbocycles. The van der Waals surface area contributed by atoms with Crippen molar-refractivity contribution in [1.82, 2.24) is 0 Å². The Morgan fingerprint density at radius 1 is 0.750 bits per heavy atom. The molecule has 0 saturated heterocycles. The summed E-state index contributed by atoms with van der Waals surface area (Å²) in [5, 5.41) is 0. The SMILES string of the molecule is C[C-](C)C.[CH3-].[CH3-].[W].[W]. The molecular formula is C6H15W2-3. The number of rotatable bonds is 0. The predicted molar refractivity (Wildman–Crippen MR) is 33.1 cm³/mol. The summed E-state index contributed by atoms with van der Waals surface area (Å²) in [5.74, 6) is 1.42. The summed E-state index contributed by atoms with van der Waals surface area (Å²) in [6.07, 6.45) is 0. The second-order valence-corrected chi connectivity index (χ2v) is 1.50. The minimum absolute atomic E-state index is 0. The van der Waals surface area contributed by atoms with E-state index in [9.17, 15) is 0 Å². The Balaban J connectivity index is -0.00000000750. The zero-order valence-electron chi connectivity index (χ0n) is 6.32. The Bertz CT molecular complexity index is 11.2. The average molecular weight is 455 g/mol. The van der Waals surface area contributed by atoms with Crippen LogP contribution in [0.3, 0.4) is 0 Å². The van der Waals surface area contributed by atoms with Gasteiger partial charge in [-0.2, -0.15) is 20.8 Å². The van der Waals surface area contributed by atoms with E-state index in [0.29, 0.717) is 0 Å². The van der Waals surface area contributed by atoms with E-state index in [1.165, 1.54) is 5.92 Å². The monoisotopic (exact) mass is 455 g/mol. The Morgan fingerprint density at radius 3 is 0.750 bits per heavy atom. The Hall–Kier alpha value is 1.38. The molecular weight excluding hydrogens is 440 g/mol. The van der Waals surface area contributed by atoms with E-state index < -0.39 is 0 Å². The third-order valence-corrected chi connectivity index (χ3v) is 0. The van der Waals surface area contributed by atoms with Crippen LogP contribution < -0.4 is 0 Å². The molecule has 54 valence electrons. The molecule has 0 heterocycles. The Labute approximate surface area is 83.4 Å². The third-order valence-electron chi connectivity index (χ3n) is 0. The van der Waals surface area contributed by atoms with Crippen molar-refractivity contribution in [3.05, 3.63) is 20.8 Å². The fourth-order valence-corrected chi connectivity index (χ4v) is 0. The third kappa shape index (κ3) is 158. The van der Waals surface area contributed by atoms with Crippen LogP contribution in [-0.4, -0.2) is 0 Å². The van der Waals surface area contributed by atoms with Gasteiger partial charge in [0.2, 0.25) is 0 Å². The van der Waals surface area contributed by atoms with Crippen molar-refractivity contribution in [2.75, 3.05) is 0 Å². The molecule has 0 bridgehead atoms. The van der Waals surface area contributed by atoms with Crippen LogP contribution in [0.25, 0.3) is 0 Å². The topological polar surface area (TPSA) is 0 Å². The molecule has 0 atom stereocenters. The first-order chi connectivity index (χ1) is 1.73. The van der Waals surface area contributed by atoms with Crippen molar-refractivity contribution in [2.45, 2.75) is 20.8 Å². The molecule has 0 nitrogen and oxygen atoms in total.